The van der Waals surface area contributed by atoms with E-state index in [9.17, 15) is 14.0 Å². The Bertz CT molecular complexity index is 902. The van der Waals surface area contributed by atoms with E-state index >= 15 is 0 Å². The second-order valence-electron chi connectivity index (χ2n) is 7.70. The number of nitrogens with one attached hydrogen (secondary N) is 2. The first-order chi connectivity index (χ1) is 14.3. The molecule has 4 N–H and O–H groups in total. The van der Waals surface area contributed by atoms with Crippen molar-refractivity contribution in [3.63, 3.8) is 0 Å². The zero-order valence-corrected chi connectivity index (χ0v) is 17.2. The van der Waals surface area contributed by atoms with Gasteiger partial charge >= 0.3 is 0 Å². The maximum Gasteiger partial charge on any atom is 0.253 e. The van der Waals surface area contributed by atoms with E-state index in [1.54, 1.807) is 35.2 Å². The van der Waals surface area contributed by atoms with Crippen molar-refractivity contribution in [1.29, 1.82) is 0 Å². The number of ether oxygens (including phenoxy) is 1. The lowest BCUT2D eigenvalue weighted by molar-refractivity contribution is -0.125. The minimum absolute atomic E-state index is 0.0250. The topological polar surface area (TPSA) is 96.7 Å². The average molecular weight is 414 g/mol. The number of nitrogen functional groups attached to an aromatic ring is 1. The SMILES string of the molecule is CC(C)CC(Nc1ccc(F)c(N)c1)C(=O)Nc1ccc(N2CCOCC2=O)cc1. The molecule has 3 rings (SSSR count). The van der Waals surface area contributed by atoms with Gasteiger partial charge in [0.05, 0.1) is 12.3 Å². The van der Waals surface area contributed by atoms with Crippen LogP contribution in [-0.4, -0.2) is 37.6 Å². The number of hydrogen-bond donors (Lipinski definition) is 3. The van der Waals surface area contributed by atoms with Gasteiger partial charge in [0.2, 0.25) is 5.91 Å². The highest BCUT2D eigenvalue weighted by Gasteiger charge is 2.22. The molecule has 0 aromatic heterocycles. The van der Waals surface area contributed by atoms with E-state index in [0.717, 1.165) is 5.69 Å². The summed E-state index contributed by atoms with van der Waals surface area (Å²) in [6.07, 6.45) is 0.587. The summed E-state index contributed by atoms with van der Waals surface area (Å²) >= 11 is 0. The van der Waals surface area contributed by atoms with Crippen LogP contribution in [0.15, 0.2) is 42.5 Å². The quantitative estimate of drug-likeness (QED) is 0.605. The standard InChI is InChI=1S/C22H27FN4O3/c1-14(2)11-20(25-16-5-8-18(23)19(24)12-16)22(29)26-15-3-6-17(7-4-15)27-9-10-30-13-21(27)28/h3-8,12,14,20,25H,9-11,13,24H2,1-2H3,(H,26,29). The van der Waals surface area contributed by atoms with Crippen LogP contribution in [0.4, 0.5) is 27.1 Å². The summed E-state index contributed by atoms with van der Waals surface area (Å²) in [6, 6.07) is 10.9. The molecule has 0 spiro atoms. The maximum atomic E-state index is 13.4. The third-order valence-corrected chi connectivity index (χ3v) is 4.79. The van der Waals surface area contributed by atoms with E-state index < -0.39 is 11.9 Å². The van der Waals surface area contributed by atoms with Gasteiger partial charge < -0.3 is 26.0 Å². The lowest BCUT2D eigenvalue weighted by Gasteiger charge is -2.27. The Labute approximate surface area is 175 Å². The molecule has 0 radical (unpaired) electrons. The van der Waals surface area contributed by atoms with Gasteiger partial charge in [0, 0.05) is 23.6 Å². The molecule has 0 saturated carbocycles. The molecule has 2 amide bonds. The monoisotopic (exact) mass is 414 g/mol. The third kappa shape index (κ3) is 5.48. The number of nitrogens with two attached hydrogens (primary N) is 1. The largest absolute Gasteiger partial charge is 0.396 e. The van der Waals surface area contributed by atoms with Crippen molar-refractivity contribution in [3.8, 4) is 0 Å². The second kappa shape index (κ2) is 9.58. The molecule has 2 aromatic rings. The Morgan fingerprint density at radius 2 is 1.90 bits per heavy atom. The molecule has 1 fully saturated rings. The summed E-state index contributed by atoms with van der Waals surface area (Å²) in [5.41, 5.74) is 7.62. The number of benzene rings is 2. The van der Waals surface area contributed by atoms with Crippen LogP contribution in [-0.2, 0) is 14.3 Å². The molecule has 1 heterocycles. The number of carbonyl (C=O) groups is 2. The summed E-state index contributed by atoms with van der Waals surface area (Å²) in [6.45, 7) is 5.13. The Hall–Kier alpha value is -3.13. The molecule has 1 unspecified atom stereocenters. The Morgan fingerprint density at radius 1 is 1.20 bits per heavy atom. The highest BCUT2D eigenvalue weighted by molar-refractivity contribution is 5.98. The molecule has 8 heteroatoms. The summed E-state index contributed by atoms with van der Waals surface area (Å²) in [7, 11) is 0. The fourth-order valence-corrected chi connectivity index (χ4v) is 3.28. The lowest BCUT2D eigenvalue weighted by Crippen LogP contribution is -2.41. The summed E-state index contributed by atoms with van der Waals surface area (Å²) in [4.78, 5) is 26.5. The van der Waals surface area contributed by atoms with Crippen LogP contribution >= 0.6 is 0 Å². The van der Waals surface area contributed by atoms with Crippen molar-refractivity contribution in [2.24, 2.45) is 5.92 Å². The van der Waals surface area contributed by atoms with Gasteiger partial charge in [-0.1, -0.05) is 13.8 Å². The third-order valence-electron chi connectivity index (χ3n) is 4.79. The molecular weight excluding hydrogens is 387 g/mol. The van der Waals surface area contributed by atoms with Gasteiger partial charge in [-0.2, -0.15) is 0 Å². The van der Waals surface area contributed by atoms with Gasteiger partial charge in [-0.25, -0.2) is 4.39 Å². The molecule has 160 valence electrons. The first-order valence-electron chi connectivity index (χ1n) is 9.94. The summed E-state index contributed by atoms with van der Waals surface area (Å²) in [5.74, 6) is -0.524. The van der Waals surface area contributed by atoms with Crippen molar-refractivity contribution in [3.05, 3.63) is 48.3 Å². The van der Waals surface area contributed by atoms with Crippen LogP contribution < -0.4 is 21.3 Å². The first-order valence-corrected chi connectivity index (χ1v) is 9.94. The van der Waals surface area contributed by atoms with Crippen molar-refractivity contribution >= 4 is 34.6 Å². The zero-order chi connectivity index (χ0) is 21.7. The molecule has 1 saturated heterocycles. The van der Waals surface area contributed by atoms with E-state index in [1.807, 2.05) is 13.8 Å². The predicted molar refractivity (Wildman–Crippen MR) is 116 cm³/mol. The average Bonchev–Trinajstić information content (AvgIpc) is 2.71. The van der Waals surface area contributed by atoms with E-state index in [-0.39, 0.29) is 30.0 Å². The minimum atomic E-state index is -0.518. The maximum absolute atomic E-state index is 13.4. The number of anilines is 4. The van der Waals surface area contributed by atoms with Gasteiger partial charge in [-0.05, 0) is 54.8 Å². The molecule has 7 nitrogen and oxygen atoms in total. The van der Waals surface area contributed by atoms with Gasteiger partial charge in [-0.3, -0.25) is 9.59 Å². The number of morpholine rings is 1. The van der Waals surface area contributed by atoms with Crippen molar-refractivity contribution in [2.45, 2.75) is 26.3 Å². The number of amides is 2. The van der Waals surface area contributed by atoms with Crippen LogP contribution in [0.25, 0.3) is 0 Å². The number of nitrogens with zero attached hydrogens (tertiary/aromatic N) is 1. The van der Waals surface area contributed by atoms with E-state index in [4.69, 9.17) is 10.5 Å². The Morgan fingerprint density at radius 3 is 2.53 bits per heavy atom. The van der Waals surface area contributed by atoms with Crippen LogP contribution in [0.1, 0.15) is 20.3 Å². The zero-order valence-electron chi connectivity index (χ0n) is 17.2. The normalized spacial score (nSPS) is 15.2. The summed E-state index contributed by atoms with van der Waals surface area (Å²) in [5, 5.41) is 6.04. The van der Waals surface area contributed by atoms with Gasteiger partial charge in [0.25, 0.3) is 5.91 Å². The molecule has 1 atom stereocenters. The van der Waals surface area contributed by atoms with Crippen LogP contribution in [0.5, 0.6) is 0 Å². The van der Waals surface area contributed by atoms with Gasteiger partial charge in [0.15, 0.2) is 0 Å². The molecule has 2 aromatic carbocycles. The Kier molecular flexibility index (Phi) is 6.89. The predicted octanol–water partition coefficient (Wildman–Crippen LogP) is 3.24. The molecule has 1 aliphatic heterocycles. The van der Waals surface area contributed by atoms with Crippen LogP contribution in [0.3, 0.4) is 0 Å². The molecule has 30 heavy (non-hydrogen) atoms. The number of hydrogen-bond acceptors (Lipinski definition) is 5. The Balaban J connectivity index is 1.68. The molecule has 0 bridgehead atoms. The second-order valence-corrected chi connectivity index (χ2v) is 7.70. The van der Waals surface area contributed by atoms with Crippen LogP contribution in [0, 0.1) is 11.7 Å². The van der Waals surface area contributed by atoms with E-state index in [2.05, 4.69) is 10.6 Å². The lowest BCUT2D eigenvalue weighted by atomic mass is 10.0. The van der Waals surface area contributed by atoms with Crippen molar-refractivity contribution in [2.75, 3.05) is 41.0 Å². The fourth-order valence-electron chi connectivity index (χ4n) is 3.28. The van der Waals surface area contributed by atoms with Crippen molar-refractivity contribution in [1.82, 2.24) is 0 Å². The van der Waals surface area contributed by atoms with Gasteiger partial charge in [0.1, 0.15) is 18.5 Å². The van der Waals surface area contributed by atoms with Crippen LogP contribution in [0.2, 0.25) is 0 Å². The highest BCUT2D eigenvalue weighted by atomic mass is 19.1. The van der Waals surface area contributed by atoms with Gasteiger partial charge in [-0.15, -0.1) is 0 Å². The van der Waals surface area contributed by atoms with Crippen molar-refractivity contribution < 1.29 is 18.7 Å². The number of carbonyl (C=O) groups excluding carboxylic acids is 2. The number of rotatable bonds is 7. The molecular formula is C22H27FN4O3. The summed E-state index contributed by atoms with van der Waals surface area (Å²) < 4.78 is 18.6. The fraction of sp³-hybridized carbons (Fsp3) is 0.364. The van der Waals surface area contributed by atoms with E-state index in [0.29, 0.717) is 30.9 Å². The molecule has 1 aliphatic rings. The smallest absolute Gasteiger partial charge is 0.253 e. The number of halogens is 1. The van der Waals surface area contributed by atoms with E-state index in [1.165, 1.54) is 12.1 Å². The first kappa shape index (κ1) is 21.6. The minimum Gasteiger partial charge on any atom is -0.396 e. The molecule has 0 aliphatic carbocycles. The highest BCUT2D eigenvalue weighted by Crippen LogP contribution is 2.22.